The molecule has 0 bridgehead atoms. The van der Waals surface area contributed by atoms with Crippen molar-refractivity contribution in [2.75, 3.05) is 5.32 Å². The van der Waals surface area contributed by atoms with Crippen molar-refractivity contribution in [2.24, 2.45) is 0 Å². The molecule has 0 saturated carbocycles. The lowest BCUT2D eigenvalue weighted by Gasteiger charge is -2.06. The van der Waals surface area contributed by atoms with Gasteiger partial charge in [-0.25, -0.2) is 4.79 Å². The summed E-state index contributed by atoms with van der Waals surface area (Å²) in [6, 6.07) is 12.5. The normalized spacial score (nSPS) is 10.6. The van der Waals surface area contributed by atoms with Crippen LogP contribution in [0.1, 0.15) is 11.1 Å². The fourth-order valence-corrected chi connectivity index (χ4v) is 2.19. The molecule has 0 fully saturated rings. The second-order valence-corrected chi connectivity index (χ2v) is 5.31. The van der Waals surface area contributed by atoms with E-state index in [1.54, 1.807) is 24.4 Å². The van der Waals surface area contributed by atoms with Gasteiger partial charge in [-0.3, -0.25) is 0 Å². The molecule has 0 aliphatic carbocycles. The van der Waals surface area contributed by atoms with Crippen LogP contribution in [0.5, 0.6) is 0 Å². The van der Waals surface area contributed by atoms with Crippen molar-refractivity contribution in [3.63, 3.8) is 0 Å². The van der Waals surface area contributed by atoms with Gasteiger partial charge in [0.1, 0.15) is 0 Å². The Morgan fingerprint density at radius 2 is 1.95 bits per heavy atom. The Balaban J connectivity index is 1.93. The van der Waals surface area contributed by atoms with Gasteiger partial charge in [0.15, 0.2) is 0 Å². The molecule has 2 amide bonds. The molecule has 0 aromatic heterocycles. The number of nitrogens with one attached hydrogen (secondary N) is 2. The number of carbonyl (C=O) groups excluding carboxylic acids is 1. The predicted octanol–water partition coefficient (Wildman–Crippen LogP) is 5.09. The van der Waals surface area contributed by atoms with E-state index in [0.717, 1.165) is 11.1 Å². The lowest BCUT2D eigenvalue weighted by molar-refractivity contribution is 0.255. The summed E-state index contributed by atoms with van der Waals surface area (Å²) in [5.74, 6) is 0. The van der Waals surface area contributed by atoms with Crippen molar-refractivity contribution >= 4 is 41.0 Å². The van der Waals surface area contributed by atoms with Crippen molar-refractivity contribution in [1.29, 1.82) is 0 Å². The fraction of sp³-hybridized carbons (Fsp3) is 0.0625. The molecule has 108 valence electrons. The molecule has 0 unspecified atom stereocenters. The highest BCUT2D eigenvalue weighted by molar-refractivity contribution is 6.36. The molecule has 0 atom stereocenters. The minimum absolute atomic E-state index is 0.372. The molecular formula is C16H14Cl2N2O. The van der Waals surface area contributed by atoms with Crippen molar-refractivity contribution in [1.82, 2.24) is 5.32 Å². The van der Waals surface area contributed by atoms with Gasteiger partial charge in [0, 0.05) is 11.2 Å². The third-order valence-electron chi connectivity index (χ3n) is 2.71. The molecule has 2 aromatic rings. The van der Waals surface area contributed by atoms with Gasteiger partial charge in [-0.05, 0) is 36.8 Å². The van der Waals surface area contributed by atoms with Crippen LogP contribution < -0.4 is 10.6 Å². The smallest absolute Gasteiger partial charge is 0.314 e. The van der Waals surface area contributed by atoms with Crippen molar-refractivity contribution in [2.45, 2.75) is 6.92 Å². The molecule has 0 radical (unpaired) electrons. The second-order valence-electron chi connectivity index (χ2n) is 4.47. The van der Waals surface area contributed by atoms with Crippen LogP contribution in [0, 0.1) is 6.92 Å². The topological polar surface area (TPSA) is 41.1 Å². The van der Waals surface area contributed by atoms with Gasteiger partial charge in [0.2, 0.25) is 0 Å². The number of halogens is 2. The Kier molecular flexibility index (Phi) is 5.26. The Morgan fingerprint density at radius 1 is 1.14 bits per heavy atom. The molecule has 0 spiro atoms. The summed E-state index contributed by atoms with van der Waals surface area (Å²) < 4.78 is 0. The quantitative estimate of drug-likeness (QED) is 0.812. The van der Waals surface area contributed by atoms with E-state index in [0.29, 0.717) is 15.7 Å². The minimum Gasteiger partial charge on any atom is -0.314 e. The van der Waals surface area contributed by atoms with Gasteiger partial charge in [0.25, 0.3) is 0 Å². The fourth-order valence-electron chi connectivity index (χ4n) is 1.74. The first-order chi connectivity index (χ1) is 10.0. The molecule has 21 heavy (non-hydrogen) atoms. The summed E-state index contributed by atoms with van der Waals surface area (Å²) in [4.78, 5) is 11.7. The van der Waals surface area contributed by atoms with Gasteiger partial charge in [0.05, 0.1) is 10.7 Å². The Hall–Kier alpha value is -1.97. The molecule has 3 nitrogen and oxygen atoms in total. The number of hydrogen-bond donors (Lipinski definition) is 2. The molecule has 5 heteroatoms. The Bertz CT molecular complexity index is 684. The summed E-state index contributed by atoms with van der Waals surface area (Å²) in [7, 11) is 0. The van der Waals surface area contributed by atoms with Gasteiger partial charge in [-0.2, -0.15) is 0 Å². The molecule has 2 N–H and O–H groups in total. The highest BCUT2D eigenvalue weighted by Gasteiger charge is 2.04. The summed E-state index contributed by atoms with van der Waals surface area (Å²) >= 11 is 11.8. The van der Waals surface area contributed by atoms with E-state index in [1.165, 1.54) is 0 Å². The number of benzene rings is 2. The maximum atomic E-state index is 11.7. The highest BCUT2D eigenvalue weighted by Crippen LogP contribution is 2.25. The Morgan fingerprint density at radius 3 is 2.67 bits per heavy atom. The third kappa shape index (κ3) is 4.81. The largest absolute Gasteiger partial charge is 0.323 e. The summed E-state index contributed by atoms with van der Waals surface area (Å²) in [5, 5.41) is 6.17. The lowest BCUT2D eigenvalue weighted by Crippen LogP contribution is -2.23. The number of urea groups is 1. The number of carbonyl (C=O) groups is 1. The standard InChI is InChI=1S/C16H14Cl2N2O/c1-11-3-2-4-12(9-11)7-8-19-16(21)20-15-6-5-13(17)10-14(15)18/h2-10H,1H3,(H2,19,20,21)/b8-7+. The SMILES string of the molecule is Cc1cccc(/C=C/NC(=O)Nc2ccc(Cl)cc2Cl)c1. The van der Waals surface area contributed by atoms with Crippen LogP contribution in [0.3, 0.4) is 0 Å². The molecule has 2 rings (SSSR count). The van der Waals surface area contributed by atoms with E-state index in [-0.39, 0.29) is 6.03 Å². The van der Waals surface area contributed by atoms with Gasteiger partial charge < -0.3 is 10.6 Å². The number of aryl methyl sites for hydroxylation is 1. The first kappa shape index (κ1) is 15.4. The highest BCUT2D eigenvalue weighted by atomic mass is 35.5. The predicted molar refractivity (Wildman–Crippen MR) is 88.8 cm³/mol. The number of hydrogen-bond acceptors (Lipinski definition) is 1. The van der Waals surface area contributed by atoms with Crippen molar-refractivity contribution < 1.29 is 4.79 Å². The average Bonchev–Trinajstić information content (AvgIpc) is 2.42. The summed E-state index contributed by atoms with van der Waals surface area (Å²) in [6.07, 6.45) is 3.39. The van der Waals surface area contributed by atoms with Gasteiger partial charge >= 0.3 is 6.03 Å². The van der Waals surface area contributed by atoms with Gasteiger partial charge in [-0.1, -0.05) is 53.0 Å². The lowest BCUT2D eigenvalue weighted by atomic mass is 10.1. The van der Waals surface area contributed by atoms with Crippen LogP contribution in [0.2, 0.25) is 10.0 Å². The second kappa shape index (κ2) is 7.16. The van der Waals surface area contributed by atoms with E-state index in [4.69, 9.17) is 23.2 Å². The van der Waals surface area contributed by atoms with Crippen LogP contribution in [0.4, 0.5) is 10.5 Å². The zero-order valence-electron chi connectivity index (χ0n) is 11.4. The minimum atomic E-state index is -0.372. The molecule has 0 heterocycles. The number of anilines is 1. The van der Waals surface area contributed by atoms with Crippen LogP contribution in [-0.2, 0) is 0 Å². The van der Waals surface area contributed by atoms with E-state index >= 15 is 0 Å². The maximum Gasteiger partial charge on any atom is 0.323 e. The molecule has 0 saturated heterocycles. The molecule has 0 aliphatic rings. The van der Waals surface area contributed by atoms with E-state index in [1.807, 2.05) is 37.3 Å². The number of rotatable bonds is 3. The molecule has 0 aliphatic heterocycles. The summed E-state index contributed by atoms with van der Waals surface area (Å²) in [5.41, 5.74) is 2.68. The third-order valence-corrected chi connectivity index (χ3v) is 3.26. The maximum absolute atomic E-state index is 11.7. The summed E-state index contributed by atoms with van der Waals surface area (Å²) in [6.45, 7) is 2.01. The average molecular weight is 321 g/mol. The van der Waals surface area contributed by atoms with Crippen LogP contribution in [0.25, 0.3) is 6.08 Å². The van der Waals surface area contributed by atoms with Crippen LogP contribution in [-0.4, -0.2) is 6.03 Å². The Labute approximate surface area is 133 Å². The monoisotopic (exact) mass is 320 g/mol. The van der Waals surface area contributed by atoms with Gasteiger partial charge in [-0.15, -0.1) is 0 Å². The first-order valence-corrected chi connectivity index (χ1v) is 7.06. The van der Waals surface area contributed by atoms with Crippen LogP contribution >= 0.6 is 23.2 Å². The van der Waals surface area contributed by atoms with E-state index in [9.17, 15) is 4.79 Å². The van der Waals surface area contributed by atoms with Crippen molar-refractivity contribution in [3.8, 4) is 0 Å². The zero-order valence-corrected chi connectivity index (χ0v) is 12.9. The van der Waals surface area contributed by atoms with E-state index in [2.05, 4.69) is 10.6 Å². The molecular weight excluding hydrogens is 307 g/mol. The molecule has 2 aromatic carbocycles. The van der Waals surface area contributed by atoms with Crippen molar-refractivity contribution in [3.05, 3.63) is 69.8 Å². The number of amides is 2. The first-order valence-electron chi connectivity index (χ1n) is 6.30. The van der Waals surface area contributed by atoms with E-state index < -0.39 is 0 Å². The zero-order chi connectivity index (χ0) is 15.2. The van der Waals surface area contributed by atoms with Crippen LogP contribution in [0.15, 0.2) is 48.7 Å².